The molecule has 0 spiro atoms. The van der Waals surface area contributed by atoms with Crippen molar-refractivity contribution in [2.75, 3.05) is 13.2 Å². The average molecular weight is 1190 g/mol. The highest BCUT2D eigenvalue weighted by molar-refractivity contribution is 5.80. The Balaban J connectivity index is 2.15. The van der Waals surface area contributed by atoms with Crippen LogP contribution in [-0.2, 0) is 14.3 Å². The minimum absolute atomic E-state index is 0.249. The number of hydrogen-bond acceptors (Lipinski definition) is 10. The minimum Gasteiger partial charge on any atom is -0.394 e. The molecule has 11 nitrogen and oxygen atoms in total. The zero-order valence-electron chi connectivity index (χ0n) is 55.2. The molecule has 1 saturated heterocycles. The second-order valence-corrected chi connectivity index (χ2v) is 26.0. The molecule has 0 aromatic rings. The number of allylic oxidation sites excluding steroid dienone is 4. The molecule has 0 radical (unpaired) electrons. The number of nitrogens with one attached hydrogen (secondary N) is 1. The van der Waals surface area contributed by atoms with E-state index in [-0.39, 0.29) is 12.8 Å². The van der Waals surface area contributed by atoms with Gasteiger partial charge in [0.2, 0.25) is 5.91 Å². The number of rotatable bonds is 65. The molecule has 0 aromatic heterocycles. The smallest absolute Gasteiger partial charge is 0.249 e. The van der Waals surface area contributed by atoms with Crippen LogP contribution in [0.25, 0.3) is 0 Å². The second kappa shape index (κ2) is 61.8. The van der Waals surface area contributed by atoms with Crippen LogP contribution in [0.3, 0.4) is 0 Å². The van der Waals surface area contributed by atoms with E-state index in [4.69, 9.17) is 9.47 Å². The highest BCUT2D eigenvalue weighted by atomic mass is 16.7. The highest BCUT2D eigenvalue weighted by Crippen LogP contribution is 2.24. The van der Waals surface area contributed by atoms with E-state index in [1.807, 2.05) is 0 Å². The predicted octanol–water partition coefficient (Wildman–Crippen LogP) is 18.0. The fraction of sp³-hybridized carbons (Fsp3) is 0.932. The van der Waals surface area contributed by atoms with Crippen molar-refractivity contribution < 1.29 is 50.0 Å². The van der Waals surface area contributed by atoms with Crippen LogP contribution in [0.4, 0.5) is 0 Å². The van der Waals surface area contributed by atoms with E-state index in [0.717, 1.165) is 38.5 Å². The van der Waals surface area contributed by atoms with Crippen molar-refractivity contribution in [3.8, 4) is 0 Å². The summed E-state index contributed by atoms with van der Waals surface area (Å²) < 4.78 is 11.2. The van der Waals surface area contributed by atoms with Gasteiger partial charge in [0.15, 0.2) is 6.29 Å². The fourth-order valence-corrected chi connectivity index (χ4v) is 12.1. The Morgan fingerprint density at radius 1 is 0.405 bits per heavy atom. The summed E-state index contributed by atoms with van der Waals surface area (Å²) >= 11 is 0. The van der Waals surface area contributed by atoms with Gasteiger partial charge in [-0.2, -0.15) is 0 Å². The highest BCUT2D eigenvalue weighted by Gasteiger charge is 2.44. The van der Waals surface area contributed by atoms with Gasteiger partial charge in [0.05, 0.1) is 25.4 Å². The molecule has 8 N–H and O–H groups in total. The van der Waals surface area contributed by atoms with Gasteiger partial charge in [-0.05, 0) is 51.4 Å². The molecule has 1 heterocycles. The molecule has 9 unspecified atom stereocenters. The average Bonchev–Trinajstić information content (AvgIpc) is 3.55. The van der Waals surface area contributed by atoms with Gasteiger partial charge in [0.25, 0.3) is 0 Å². The lowest BCUT2D eigenvalue weighted by Gasteiger charge is -2.40. The van der Waals surface area contributed by atoms with Crippen molar-refractivity contribution in [2.45, 2.75) is 422 Å². The third-order valence-electron chi connectivity index (χ3n) is 18.0. The standard InChI is InChI=1S/C73H141NO10/c1-3-5-7-9-11-13-15-17-19-21-23-25-26-27-28-29-30-31-32-33-34-35-36-37-38-39-41-43-45-47-49-51-53-55-57-59-61-66(77)72(82)74-64(63-83-73-71(81)70(80)69(79)67(62-75)84-73)68(78)65(76)60-58-56-54-52-50-48-46-44-42-40-24-22-20-18-16-14-12-10-8-6-4-2/h44,46,52,54,64-71,73,75-81H,3-43,45,47-51,53,55-63H2,1-2H3,(H,74,82)/b46-44+,54-52+. The summed E-state index contributed by atoms with van der Waals surface area (Å²) in [5, 5.41) is 76.5. The molecule has 9 atom stereocenters. The Bertz CT molecular complexity index is 1420. The Morgan fingerprint density at radius 3 is 1.06 bits per heavy atom. The first-order chi connectivity index (χ1) is 41.2. The van der Waals surface area contributed by atoms with Crippen LogP contribution in [0.1, 0.15) is 367 Å². The van der Waals surface area contributed by atoms with Gasteiger partial charge < -0.3 is 50.5 Å². The summed E-state index contributed by atoms with van der Waals surface area (Å²) in [7, 11) is 0. The Morgan fingerprint density at radius 2 is 0.714 bits per heavy atom. The molecule has 498 valence electrons. The first-order valence-corrected chi connectivity index (χ1v) is 36.7. The second-order valence-electron chi connectivity index (χ2n) is 26.0. The number of amides is 1. The third-order valence-corrected chi connectivity index (χ3v) is 18.0. The van der Waals surface area contributed by atoms with Crippen LogP contribution in [0.2, 0.25) is 0 Å². The molecule has 1 fully saturated rings. The summed E-state index contributed by atoms with van der Waals surface area (Å²) in [5.41, 5.74) is 0. The minimum atomic E-state index is -1.67. The molecule has 1 aliphatic rings. The number of aliphatic hydroxyl groups is 7. The number of ether oxygens (including phenoxy) is 2. The summed E-state index contributed by atoms with van der Waals surface area (Å²) in [6.07, 6.45) is 67.2. The van der Waals surface area contributed by atoms with Crippen LogP contribution in [-0.4, -0.2) is 110 Å². The zero-order chi connectivity index (χ0) is 61.0. The number of unbranched alkanes of at least 4 members (excludes halogenated alkanes) is 49. The normalized spacial score (nSPS) is 19.0. The van der Waals surface area contributed by atoms with Crippen LogP contribution in [0, 0.1) is 0 Å². The van der Waals surface area contributed by atoms with Crippen molar-refractivity contribution >= 4 is 5.91 Å². The van der Waals surface area contributed by atoms with Crippen LogP contribution >= 0.6 is 0 Å². The molecule has 84 heavy (non-hydrogen) atoms. The van der Waals surface area contributed by atoms with Crippen molar-refractivity contribution in [3.63, 3.8) is 0 Å². The van der Waals surface area contributed by atoms with Gasteiger partial charge in [0.1, 0.15) is 36.6 Å². The Hall–Kier alpha value is -1.41. The molecular weight excluding hydrogens is 1050 g/mol. The fourth-order valence-electron chi connectivity index (χ4n) is 12.1. The van der Waals surface area contributed by atoms with Crippen LogP contribution in [0.15, 0.2) is 24.3 Å². The summed E-state index contributed by atoms with van der Waals surface area (Å²) in [5.74, 6) is -0.703. The molecule has 1 aliphatic heterocycles. The molecular formula is C73H141NO10. The quantitative estimate of drug-likeness (QED) is 0.0215. The van der Waals surface area contributed by atoms with E-state index in [9.17, 15) is 40.5 Å². The van der Waals surface area contributed by atoms with E-state index in [2.05, 4.69) is 43.5 Å². The van der Waals surface area contributed by atoms with Crippen molar-refractivity contribution in [3.05, 3.63) is 24.3 Å². The number of hydrogen-bond donors (Lipinski definition) is 8. The van der Waals surface area contributed by atoms with Crippen LogP contribution < -0.4 is 5.32 Å². The number of aliphatic hydroxyl groups excluding tert-OH is 7. The van der Waals surface area contributed by atoms with E-state index < -0.39 is 74.2 Å². The SMILES string of the molecule is CCCCCCCCCCCCCC/C=C/CC/C=C/CCCC(O)C(O)C(COC1OC(CO)C(O)C(O)C1O)NC(=O)C(O)CCCCCCCCCCCCCCCCCCCCCCCCCCCCCCCCCCCCCC. The van der Waals surface area contributed by atoms with E-state index in [1.54, 1.807) is 0 Å². The van der Waals surface area contributed by atoms with E-state index in [0.29, 0.717) is 19.3 Å². The lowest BCUT2D eigenvalue weighted by Crippen LogP contribution is -2.60. The Kier molecular flexibility index (Phi) is 59.3. The molecule has 1 rings (SSSR count). The van der Waals surface area contributed by atoms with Crippen LogP contribution in [0.5, 0.6) is 0 Å². The lowest BCUT2D eigenvalue weighted by molar-refractivity contribution is -0.303. The van der Waals surface area contributed by atoms with E-state index in [1.165, 1.54) is 283 Å². The zero-order valence-corrected chi connectivity index (χ0v) is 55.2. The third kappa shape index (κ3) is 48.5. The molecule has 11 heteroatoms. The maximum Gasteiger partial charge on any atom is 0.249 e. The van der Waals surface area contributed by atoms with Gasteiger partial charge in [-0.3, -0.25) is 4.79 Å². The Labute approximate surface area is 518 Å². The number of carbonyl (C=O) groups is 1. The van der Waals surface area contributed by atoms with E-state index >= 15 is 0 Å². The maximum absolute atomic E-state index is 13.3. The predicted molar refractivity (Wildman–Crippen MR) is 353 cm³/mol. The largest absolute Gasteiger partial charge is 0.394 e. The monoisotopic (exact) mass is 1190 g/mol. The maximum atomic E-state index is 13.3. The molecule has 0 bridgehead atoms. The van der Waals surface area contributed by atoms with Gasteiger partial charge in [0, 0.05) is 0 Å². The van der Waals surface area contributed by atoms with Gasteiger partial charge in [-0.25, -0.2) is 0 Å². The van der Waals surface area contributed by atoms with Crippen molar-refractivity contribution in [1.29, 1.82) is 0 Å². The topological polar surface area (TPSA) is 189 Å². The lowest BCUT2D eigenvalue weighted by atomic mass is 9.98. The van der Waals surface area contributed by atoms with Crippen molar-refractivity contribution in [1.82, 2.24) is 5.32 Å². The summed E-state index contributed by atoms with van der Waals surface area (Å²) in [4.78, 5) is 13.3. The first-order valence-electron chi connectivity index (χ1n) is 36.7. The molecule has 0 aromatic carbocycles. The molecule has 1 amide bonds. The van der Waals surface area contributed by atoms with Crippen molar-refractivity contribution in [2.24, 2.45) is 0 Å². The summed E-state index contributed by atoms with van der Waals surface area (Å²) in [6.45, 7) is 3.49. The molecule has 0 aliphatic carbocycles. The molecule has 0 saturated carbocycles. The van der Waals surface area contributed by atoms with Gasteiger partial charge in [-0.15, -0.1) is 0 Å². The summed E-state index contributed by atoms with van der Waals surface area (Å²) in [6, 6.07) is -1.19. The first kappa shape index (κ1) is 80.6. The van der Waals surface area contributed by atoms with Gasteiger partial charge in [-0.1, -0.05) is 340 Å². The number of carbonyl (C=O) groups excluding carboxylic acids is 1. The van der Waals surface area contributed by atoms with Gasteiger partial charge >= 0.3 is 0 Å².